The molecule has 0 amide bonds. The number of fused-ring (bicyclic) bond motifs is 1. The van der Waals surface area contributed by atoms with Crippen LogP contribution in [0.1, 0.15) is 13.8 Å². The number of aromatic nitrogens is 2. The third kappa shape index (κ3) is 3.89. The van der Waals surface area contributed by atoms with E-state index >= 15 is 0 Å². The van der Waals surface area contributed by atoms with Crippen molar-refractivity contribution in [2.24, 2.45) is 10.7 Å². The van der Waals surface area contributed by atoms with Crippen molar-refractivity contribution in [2.45, 2.75) is 19.9 Å². The Kier molecular flexibility index (Phi) is 5.29. The Balaban J connectivity index is 0.00000180. The molecule has 0 radical (unpaired) electrons. The van der Waals surface area contributed by atoms with Gasteiger partial charge in [-0.05, 0) is 26.0 Å². The van der Waals surface area contributed by atoms with Gasteiger partial charge in [0, 0.05) is 6.04 Å². The minimum Gasteiger partial charge on any atom is -0.370 e. The first-order valence-corrected chi connectivity index (χ1v) is 6.16. The van der Waals surface area contributed by atoms with Crippen molar-refractivity contribution < 1.29 is 0 Å². The second-order valence-electron chi connectivity index (χ2n) is 4.10. The molecule has 2 rings (SSSR count). The average molecular weight is 323 g/mol. The Hall–Kier alpha value is -1.17. The van der Waals surface area contributed by atoms with Crippen molar-refractivity contribution in [1.29, 1.82) is 0 Å². The lowest BCUT2D eigenvalue weighted by atomic mass is 10.3. The highest BCUT2D eigenvalue weighted by molar-refractivity contribution is 6.42. The van der Waals surface area contributed by atoms with E-state index in [0.717, 1.165) is 5.52 Å². The highest BCUT2D eigenvalue weighted by Crippen LogP contribution is 2.27. The maximum absolute atomic E-state index is 5.92. The number of hydrogen-bond acceptors (Lipinski definition) is 2. The smallest absolute Gasteiger partial charge is 0.208 e. The summed E-state index contributed by atoms with van der Waals surface area (Å²) in [5.74, 6) is 0.812. The number of benzene rings is 1. The van der Waals surface area contributed by atoms with E-state index in [1.807, 2.05) is 13.8 Å². The van der Waals surface area contributed by atoms with E-state index in [-0.39, 0.29) is 18.4 Å². The molecule has 5 nitrogen and oxygen atoms in total. The SMILES string of the molecule is CC(C)N=C(N)Nc1nc2cc(Cl)c(Cl)cc2[nH]1.Cl. The van der Waals surface area contributed by atoms with Crippen molar-refractivity contribution in [3.8, 4) is 0 Å². The standard InChI is InChI=1S/C11H13Cl2N5.ClH/c1-5(2)15-10(14)18-11-16-8-3-6(12)7(13)4-9(8)17-11;/h3-5H,1-2H3,(H4,14,15,16,17,18);1H. The van der Waals surface area contributed by atoms with Crippen LogP contribution >= 0.6 is 35.6 Å². The number of nitrogens with two attached hydrogens (primary N) is 1. The average Bonchev–Trinajstić information content (AvgIpc) is 2.58. The lowest BCUT2D eigenvalue weighted by molar-refractivity contribution is 0.833. The Labute approximate surface area is 127 Å². The number of aliphatic imine (C=N–C) groups is 1. The summed E-state index contributed by atoms with van der Waals surface area (Å²) in [6.45, 7) is 3.87. The predicted molar refractivity (Wildman–Crippen MR) is 83.7 cm³/mol. The molecule has 0 aliphatic carbocycles. The van der Waals surface area contributed by atoms with Crippen LogP contribution in [0.25, 0.3) is 11.0 Å². The lowest BCUT2D eigenvalue weighted by Crippen LogP contribution is -2.24. The first-order valence-electron chi connectivity index (χ1n) is 5.41. The third-order valence-electron chi connectivity index (χ3n) is 2.17. The number of anilines is 1. The zero-order chi connectivity index (χ0) is 13.3. The van der Waals surface area contributed by atoms with Gasteiger partial charge in [0.25, 0.3) is 0 Å². The Bertz CT molecular complexity index is 567. The molecule has 1 heterocycles. The van der Waals surface area contributed by atoms with Crippen molar-refractivity contribution in [1.82, 2.24) is 9.97 Å². The van der Waals surface area contributed by atoms with E-state index in [4.69, 9.17) is 28.9 Å². The fourth-order valence-corrected chi connectivity index (χ4v) is 1.82. The third-order valence-corrected chi connectivity index (χ3v) is 2.89. The van der Waals surface area contributed by atoms with E-state index in [9.17, 15) is 0 Å². The van der Waals surface area contributed by atoms with Crippen LogP contribution < -0.4 is 11.1 Å². The van der Waals surface area contributed by atoms with Crippen molar-refractivity contribution in [2.75, 3.05) is 5.32 Å². The predicted octanol–water partition coefficient (Wildman–Crippen LogP) is 3.43. The van der Waals surface area contributed by atoms with Crippen LogP contribution in [0.3, 0.4) is 0 Å². The lowest BCUT2D eigenvalue weighted by Gasteiger charge is -2.02. The molecule has 2 aromatic rings. The van der Waals surface area contributed by atoms with Crippen LogP contribution in [0, 0.1) is 0 Å². The molecule has 1 aromatic heterocycles. The second kappa shape index (κ2) is 6.32. The van der Waals surface area contributed by atoms with Gasteiger partial charge >= 0.3 is 0 Å². The van der Waals surface area contributed by atoms with E-state index < -0.39 is 0 Å². The number of guanidine groups is 1. The van der Waals surface area contributed by atoms with Gasteiger partial charge in [0.05, 0.1) is 21.1 Å². The van der Waals surface area contributed by atoms with Gasteiger partial charge in [-0.1, -0.05) is 23.2 Å². The number of nitrogens with one attached hydrogen (secondary N) is 2. The Morgan fingerprint density at radius 1 is 1.37 bits per heavy atom. The molecule has 0 bridgehead atoms. The number of nitrogens with zero attached hydrogens (tertiary/aromatic N) is 2. The van der Waals surface area contributed by atoms with Crippen LogP contribution in [0.2, 0.25) is 10.0 Å². The summed E-state index contributed by atoms with van der Waals surface area (Å²) in [7, 11) is 0. The molecule has 19 heavy (non-hydrogen) atoms. The molecule has 0 fully saturated rings. The molecular formula is C11H14Cl3N5. The zero-order valence-electron chi connectivity index (χ0n) is 10.4. The highest BCUT2D eigenvalue weighted by Gasteiger charge is 2.07. The van der Waals surface area contributed by atoms with Crippen LogP contribution in [-0.4, -0.2) is 22.0 Å². The fraction of sp³-hybridized carbons (Fsp3) is 0.273. The molecule has 0 aliphatic rings. The summed E-state index contributed by atoms with van der Waals surface area (Å²) in [5.41, 5.74) is 7.21. The molecule has 8 heteroatoms. The van der Waals surface area contributed by atoms with E-state index in [2.05, 4.69) is 20.3 Å². The van der Waals surface area contributed by atoms with Crippen LogP contribution in [-0.2, 0) is 0 Å². The monoisotopic (exact) mass is 321 g/mol. The maximum atomic E-state index is 5.92. The Morgan fingerprint density at radius 3 is 2.63 bits per heavy atom. The van der Waals surface area contributed by atoms with Gasteiger partial charge in [0.15, 0.2) is 5.96 Å². The topological polar surface area (TPSA) is 79.1 Å². The first kappa shape index (κ1) is 15.9. The first-order chi connectivity index (χ1) is 8.45. The second-order valence-corrected chi connectivity index (χ2v) is 4.92. The van der Waals surface area contributed by atoms with Gasteiger partial charge in [-0.2, -0.15) is 0 Å². The van der Waals surface area contributed by atoms with Crippen molar-refractivity contribution in [3.63, 3.8) is 0 Å². The molecule has 0 saturated heterocycles. The summed E-state index contributed by atoms with van der Waals surface area (Å²) < 4.78 is 0. The summed E-state index contributed by atoms with van der Waals surface area (Å²) >= 11 is 11.8. The van der Waals surface area contributed by atoms with Gasteiger partial charge < -0.3 is 10.7 Å². The molecule has 0 aliphatic heterocycles. The molecular weight excluding hydrogens is 309 g/mol. The fourth-order valence-electron chi connectivity index (χ4n) is 1.50. The summed E-state index contributed by atoms with van der Waals surface area (Å²) in [5, 5.41) is 3.82. The number of H-pyrrole nitrogens is 1. The molecule has 0 unspecified atom stereocenters. The maximum Gasteiger partial charge on any atom is 0.208 e. The van der Waals surface area contributed by atoms with Gasteiger partial charge in [-0.25, -0.2) is 4.98 Å². The molecule has 4 N–H and O–H groups in total. The van der Waals surface area contributed by atoms with Gasteiger partial charge in [-0.3, -0.25) is 10.3 Å². The summed E-state index contributed by atoms with van der Waals surface area (Å²) in [6.07, 6.45) is 0. The highest BCUT2D eigenvalue weighted by atomic mass is 35.5. The van der Waals surface area contributed by atoms with Crippen LogP contribution in [0.5, 0.6) is 0 Å². The van der Waals surface area contributed by atoms with Crippen molar-refractivity contribution in [3.05, 3.63) is 22.2 Å². The largest absolute Gasteiger partial charge is 0.370 e. The minimum atomic E-state index is 0. The van der Waals surface area contributed by atoms with E-state index in [0.29, 0.717) is 27.5 Å². The van der Waals surface area contributed by atoms with E-state index in [1.165, 1.54) is 0 Å². The summed E-state index contributed by atoms with van der Waals surface area (Å²) in [4.78, 5) is 11.5. The quantitative estimate of drug-likeness (QED) is 0.585. The number of halogens is 3. The molecule has 104 valence electrons. The van der Waals surface area contributed by atoms with E-state index in [1.54, 1.807) is 12.1 Å². The number of aromatic amines is 1. The Morgan fingerprint density at radius 2 is 2.00 bits per heavy atom. The minimum absolute atomic E-state index is 0. The number of imidazole rings is 1. The molecule has 0 saturated carbocycles. The van der Waals surface area contributed by atoms with Gasteiger partial charge in [0.1, 0.15) is 0 Å². The molecule has 1 aromatic carbocycles. The van der Waals surface area contributed by atoms with Gasteiger partial charge in [0.2, 0.25) is 5.95 Å². The zero-order valence-corrected chi connectivity index (χ0v) is 12.7. The van der Waals surface area contributed by atoms with Crippen LogP contribution in [0.15, 0.2) is 17.1 Å². The molecule has 0 spiro atoms. The number of hydrogen-bond donors (Lipinski definition) is 3. The molecule has 0 atom stereocenters. The summed E-state index contributed by atoms with van der Waals surface area (Å²) in [6, 6.07) is 3.52. The van der Waals surface area contributed by atoms with Crippen molar-refractivity contribution >= 4 is 58.6 Å². The van der Waals surface area contributed by atoms with Gasteiger partial charge in [-0.15, -0.1) is 12.4 Å². The van der Waals surface area contributed by atoms with Crippen LogP contribution in [0.4, 0.5) is 5.95 Å². The number of rotatable bonds is 2. The normalized spacial score (nSPS) is 11.7.